The maximum Gasteiger partial charge on any atom is 0.388 e. The minimum Gasteiger partial charge on any atom is -0.427 e. The summed E-state index contributed by atoms with van der Waals surface area (Å²) in [6.45, 7) is 1.94. The lowest BCUT2D eigenvalue weighted by atomic mass is 10.1. The van der Waals surface area contributed by atoms with Crippen LogP contribution in [0.3, 0.4) is 0 Å². The second kappa shape index (κ2) is 6.62. The number of ether oxygens (including phenoxy) is 1. The Morgan fingerprint density at radius 3 is 2.62 bits per heavy atom. The summed E-state index contributed by atoms with van der Waals surface area (Å²) >= 11 is 0. The predicted octanol–water partition coefficient (Wildman–Crippen LogP) is 4.16. The van der Waals surface area contributed by atoms with Gasteiger partial charge in [-0.05, 0) is 37.6 Å². The molecule has 0 radical (unpaired) electrons. The number of diazo groups is 1. The molecule has 0 aliphatic rings. The fraction of sp³-hybridized carbons (Fsp3) is 0.188. The Bertz CT molecular complexity index is 690. The lowest BCUT2D eigenvalue weighted by molar-refractivity contribution is -0.134. The van der Waals surface area contributed by atoms with Gasteiger partial charge in [-0.2, -0.15) is 0 Å². The molecule has 0 aliphatic carbocycles. The van der Waals surface area contributed by atoms with Crippen molar-refractivity contribution in [2.45, 2.75) is 19.8 Å². The van der Waals surface area contributed by atoms with Gasteiger partial charge in [0.2, 0.25) is 5.39 Å². The van der Waals surface area contributed by atoms with E-state index in [0.29, 0.717) is 11.3 Å². The minimum atomic E-state index is -0.440. The molecule has 4 nitrogen and oxygen atoms in total. The van der Waals surface area contributed by atoms with Crippen LogP contribution in [0, 0.1) is 18.1 Å². The van der Waals surface area contributed by atoms with Crippen molar-refractivity contribution in [3.8, 4) is 5.75 Å². The maximum absolute atomic E-state index is 13.2. The van der Waals surface area contributed by atoms with Crippen molar-refractivity contribution in [2.75, 3.05) is 0 Å². The Balaban J connectivity index is 1.97. The highest BCUT2D eigenvalue weighted by Gasteiger charge is 2.16. The van der Waals surface area contributed by atoms with Crippen LogP contribution >= 0.6 is 0 Å². The first-order valence-electron chi connectivity index (χ1n) is 6.49. The third-order valence-corrected chi connectivity index (χ3v) is 3.00. The van der Waals surface area contributed by atoms with Crippen molar-refractivity contribution in [3.05, 3.63) is 64.4 Å². The van der Waals surface area contributed by atoms with Gasteiger partial charge in [0.05, 0.1) is 12.0 Å². The van der Waals surface area contributed by atoms with Gasteiger partial charge in [0.15, 0.2) is 4.98 Å². The molecular weight excluding hydrogens is 271 g/mol. The lowest BCUT2D eigenvalue weighted by Gasteiger charge is -2.04. The monoisotopic (exact) mass is 285 g/mol. The Labute approximate surface area is 121 Å². The van der Waals surface area contributed by atoms with Crippen LogP contribution in [0.1, 0.15) is 17.5 Å². The van der Waals surface area contributed by atoms with E-state index in [-0.39, 0.29) is 18.5 Å². The molecule has 0 atom stereocenters. The summed E-state index contributed by atoms with van der Waals surface area (Å²) in [6, 6.07) is 10.9. The molecule has 0 aromatic heterocycles. The molecular formula is C16H14FN2O2+. The van der Waals surface area contributed by atoms with Crippen molar-refractivity contribution in [1.29, 1.82) is 5.39 Å². The van der Waals surface area contributed by atoms with Crippen LogP contribution in [0.4, 0.5) is 10.1 Å². The number of hydrogen-bond donors (Lipinski definition) is 0. The summed E-state index contributed by atoms with van der Waals surface area (Å²) in [4.78, 5) is 14.8. The zero-order valence-electron chi connectivity index (χ0n) is 11.5. The average molecular weight is 285 g/mol. The van der Waals surface area contributed by atoms with Crippen LogP contribution in [-0.2, 0) is 11.2 Å². The summed E-state index contributed by atoms with van der Waals surface area (Å²) in [5, 5.41) is 8.82. The number of carbonyl (C=O) groups excluding carboxylic acids is 1. The normalized spacial score (nSPS) is 9.95. The zero-order valence-corrected chi connectivity index (χ0v) is 11.5. The predicted molar refractivity (Wildman–Crippen MR) is 76.3 cm³/mol. The third kappa shape index (κ3) is 4.11. The second-order valence-electron chi connectivity index (χ2n) is 4.66. The molecule has 0 fully saturated rings. The van der Waals surface area contributed by atoms with E-state index >= 15 is 0 Å². The fourth-order valence-electron chi connectivity index (χ4n) is 1.88. The van der Waals surface area contributed by atoms with Gasteiger partial charge in [-0.3, -0.25) is 4.79 Å². The van der Waals surface area contributed by atoms with Gasteiger partial charge in [0.25, 0.3) is 0 Å². The van der Waals surface area contributed by atoms with E-state index in [0.717, 1.165) is 5.56 Å². The SMILES string of the molecule is Cc1ccc(OC(=O)CCc2cc(F)ccc2[N+]#N)cc1. The largest absolute Gasteiger partial charge is 0.427 e. The molecule has 21 heavy (non-hydrogen) atoms. The molecule has 0 N–H and O–H groups in total. The topological polar surface area (TPSA) is 54.5 Å². The molecule has 0 saturated carbocycles. The maximum atomic E-state index is 13.2. The van der Waals surface area contributed by atoms with Gasteiger partial charge < -0.3 is 4.74 Å². The van der Waals surface area contributed by atoms with Crippen LogP contribution in [-0.4, -0.2) is 5.97 Å². The first-order valence-corrected chi connectivity index (χ1v) is 6.49. The number of carbonyl (C=O) groups is 1. The Morgan fingerprint density at radius 1 is 1.24 bits per heavy atom. The van der Waals surface area contributed by atoms with Crippen molar-refractivity contribution >= 4 is 11.7 Å². The molecule has 106 valence electrons. The molecule has 0 bridgehead atoms. The second-order valence-corrected chi connectivity index (χ2v) is 4.66. The van der Waals surface area contributed by atoms with Crippen LogP contribution in [0.2, 0.25) is 0 Å². The third-order valence-electron chi connectivity index (χ3n) is 3.00. The number of rotatable bonds is 4. The van der Waals surface area contributed by atoms with E-state index in [9.17, 15) is 9.18 Å². The molecule has 0 spiro atoms. The zero-order chi connectivity index (χ0) is 15.2. The molecule has 2 aromatic carbocycles. The molecule has 0 unspecified atom stereocenters. The number of halogens is 1. The quantitative estimate of drug-likeness (QED) is 0.481. The smallest absolute Gasteiger partial charge is 0.388 e. The van der Waals surface area contributed by atoms with Crippen molar-refractivity contribution in [1.82, 2.24) is 0 Å². The van der Waals surface area contributed by atoms with Gasteiger partial charge in [-0.25, -0.2) is 4.39 Å². The highest BCUT2D eigenvalue weighted by Crippen LogP contribution is 2.22. The summed E-state index contributed by atoms with van der Waals surface area (Å²) < 4.78 is 18.3. The van der Waals surface area contributed by atoms with Crippen LogP contribution < -0.4 is 4.74 Å². The minimum absolute atomic E-state index is 0.0693. The molecule has 0 aliphatic heterocycles. The van der Waals surface area contributed by atoms with Crippen molar-refractivity contribution in [2.24, 2.45) is 0 Å². The Kier molecular flexibility index (Phi) is 4.62. The van der Waals surface area contributed by atoms with Crippen LogP contribution in [0.5, 0.6) is 5.75 Å². The molecule has 0 saturated heterocycles. The van der Waals surface area contributed by atoms with Gasteiger partial charge in [0, 0.05) is 6.07 Å². The van der Waals surface area contributed by atoms with E-state index in [2.05, 4.69) is 4.98 Å². The highest BCUT2D eigenvalue weighted by atomic mass is 19.1. The summed E-state index contributed by atoms with van der Waals surface area (Å²) in [5.41, 5.74) is 1.78. The molecule has 2 aromatic rings. The number of hydrogen-bond acceptors (Lipinski definition) is 3. The van der Waals surface area contributed by atoms with E-state index in [1.807, 2.05) is 19.1 Å². The van der Waals surface area contributed by atoms with E-state index in [1.165, 1.54) is 18.2 Å². The van der Waals surface area contributed by atoms with Crippen LogP contribution in [0.15, 0.2) is 42.5 Å². The van der Waals surface area contributed by atoms with E-state index < -0.39 is 11.8 Å². The summed E-state index contributed by atoms with van der Waals surface area (Å²) in [7, 11) is 0. The lowest BCUT2D eigenvalue weighted by Crippen LogP contribution is -2.09. The van der Waals surface area contributed by atoms with Gasteiger partial charge >= 0.3 is 11.7 Å². The van der Waals surface area contributed by atoms with Crippen molar-refractivity contribution < 1.29 is 13.9 Å². The summed E-state index contributed by atoms with van der Waals surface area (Å²) in [5.74, 6) is -0.395. The van der Waals surface area contributed by atoms with E-state index in [4.69, 9.17) is 10.1 Å². The Hall–Kier alpha value is -2.74. The number of aryl methyl sites for hydroxylation is 2. The van der Waals surface area contributed by atoms with Gasteiger partial charge in [-0.15, -0.1) is 0 Å². The van der Waals surface area contributed by atoms with Gasteiger partial charge in [-0.1, -0.05) is 17.7 Å². The first kappa shape index (κ1) is 14.7. The number of benzene rings is 2. The number of nitrogens with zero attached hydrogens (tertiary/aromatic N) is 2. The molecule has 2 rings (SSSR count). The van der Waals surface area contributed by atoms with Crippen LogP contribution in [0.25, 0.3) is 4.98 Å². The molecule has 0 heterocycles. The number of esters is 1. The Morgan fingerprint density at radius 2 is 1.95 bits per heavy atom. The van der Waals surface area contributed by atoms with Gasteiger partial charge in [0.1, 0.15) is 11.6 Å². The summed E-state index contributed by atoms with van der Waals surface area (Å²) in [6.07, 6.45) is 0.307. The first-order chi connectivity index (χ1) is 10.1. The fourth-order valence-corrected chi connectivity index (χ4v) is 1.88. The highest BCUT2D eigenvalue weighted by molar-refractivity contribution is 5.73. The molecule has 5 heteroatoms. The van der Waals surface area contributed by atoms with Crippen molar-refractivity contribution in [3.63, 3.8) is 0 Å². The standard InChI is InChI=1S/C16H14FN2O2/c1-11-2-6-14(7-3-11)21-16(20)9-4-12-10-13(17)5-8-15(12)19-18/h2-3,5-8,10H,4,9H2,1H3/q+1. The average Bonchev–Trinajstić information content (AvgIpc) is 2.48. The molecule has 0 amide bonds. The van der Waals surface area contributed by atoms with E-state index in [1.54, 1.807) is 12.1 Å².